The number of phenols is 1. The summed E-state index contributed by atoms with van der Waals surface area (Å²) in [5, 5.41) is 14.5. The molecule has 0 fully saturated rings. The van der Waals surface area contributed by atoms with Gasteiger partial charge in [0.15, 0.2) is 0 Å². The number of benzene rings is 1. The number of likely N-dealkylation sites (N-methyl/N-ethyl adjacent to an activating group) is 1. The van der Waals surface area contributed by atoms with E-state index in [1.165, 1.54) is 0 Å². The van der Waals surface area contributed by atoms with Crippen molar-refractivity contribution < 1.29 is 5.11 Å². The van der Waals surface area contributed by atoms with Crippen LogP contribution in [0.5, 0.6) is 5.75 Å². The van der Waals surface area contributed by atoms with Crippen molar-refractivity contribution in [1.29, 1.82) is 0 Å². The number of aromatic hydroxyl groups is 1. The van der Waals surface area contributed by atoms with Crippen LogP contribution in [0, 0.1) is 0 Å². The van der Waals surface area contributed by atoms with Crippen LogP contribution in [-0.2, 0) is 13.5 Å². The number of nitrogens with zero attached hydrogens (tertiary/aromatic N) is 3. The predicted octanol–water partition coefficient (Wildman–Crippen LogP) is 1.37. The minimum Gasteiger partial charge on any atom is -0.507 e. The molecule has 1 aromatic carbocycles. The third kappa shape index (κ3) is 1.37. The van der Waals surface area contributed by atoms with Crippen LogP contribution in [0.3, 0.4) is 0 Å². The number of nitrogen functional groups attached to an aromatic ring is 1. The normalized spacial score (nSPS) is 14.0. The zero-order valence-corrected chi connectivity index (χ0v) is 10.5. The van der Waals surface area contributed by atoms with Gasteiger partial charge in [-0.15, -0.1) is 0 Å². The molecule has 5 heteroatoms. The standard InChI is InChI=1S/C13H16N4O/c1-16-6-5-9-11(16)4-3-8(12(9)18)10-7-15-17(2)13(10)14/h3-4,7,18H,5-6,14H2,1-2H3. The maximum absolute atomic E-state index is 10.4. The Bertz CT molecular complexity index is 618. The van der Waals surface area contributed by atoms with Gasteiger partial charge in [0.25, 0.3) is 0 Å². The highest BCUT2D eigenvalue weighted by Crippen LogP contribution is 2.41. The molecule has 1 aliphatic rings. The van der Waals surface area contributed by atoms with Gasteiger partial charge in [0.05, 0.1) is 6.20 Å². The van der Waals surface area contributed by atoms with Crippen LogP contribution in [0.2, 0.25) is 0 Å². The first kappa shape index (κ1) is 11.0. The number of anilines is 2. The second kappa shape index (κ2) is 3.66. The topological polar surface area (TPSA) is 67.3 Å². The maximum Gasteiger partial charge on any atom is 0.129 e. The minimum atomic E-state index is 0.330. The highest BCUT2D eigenvalue weighted by atomic mass is 16.3. The predicted molar refractivity (Wildman–Crippen MR) is 71.7 cm³/mol. The second-order valence-electron chi connectivity index (χ2n) is 4.70. The van der Waals surface area contributed by atoms with E-state index >= 15 is 0 Å². The Kier molecular flexibility index (Phi) is 2.23. The quantitative estimate of drug-likeness (QED) is 0.795. The van der Waals surface area contributed by atoms with Gasteiger partial charge in [0.2, 0.25) is 0 Å². The van der Waals surface area contributed by atoms with Crippen LogP contribution >= 0.6 is 0 Å². The van der Waals surface area contributed by atoms with E-state index in [2.05, 4.69) is 10.00 Å². The Labute approximate surface area is 105 Å². The average molecular weight is 244 g/mol. The number of rotatable bonds is 1. The molecule has 2 aromatic rings. The molecule has 3 rings (SSSR count). The Morgan fingerprint density at radius 3 is 2.72 bits per heavy atom. The lowest BCUT2D eigenvalue weighted by Gasteiger charge is -2.13. The molecule has 0 spiro atoms. The first-order valence-electron chi connectivity index (χ1n) is 5.93. The lowest BCUT2D eigenvalue weighted by Crippen LogP contribution is -2.12. The average Bonchev–Trinajstić information content (AvgIpc) is 2.88. The highest BCUT2D eigenvalue weighted by molar-refractivity contribution is 5.82. The fourth-order valence-electron chi connectivity index (χ4n) is 2.50. The zero-order valence-electron chi connectivity index (χ0n) is 10.5. The van der Waals surface area contributed by atoms with Crippen LogP contribution < -0.4 is 10.6 Å². The molecule has 0 bridgehead atoms. The molecule has 1 aromatic heterocycles. The van der Waals surface area contributed by atoms with Crippen molar-refractivity contribution in [3.05, 3.63) is 23.9 Å². The van der Waals surface area contributed by atoms with Gasteiger partial charge in [-0.25, -0.2) is 0 Å². The molecule has 3 N–H and O–H groups in total. The number of aryl methyl sites for hydroxylation is 1. The van der Waals surface area contributed by atoms with E-state index in [1.54, 1.807) is 17.9 Å². The van der Waals surface area contributed by atoms with Gasteiger partial charge < -0.3 is 15.7 Å². The van der Waals surface area contributed by atoms with Gasteiger partial charge in [-0.2, -0.15) is 5.10 Å². The van der Waals surface area contributed by atoms with Crippen molar-refractivity contribution >= 4 is 11.5 Å². The summed E-state index contributed by atoms with van der Waals surface area (Å²) in [4.78, 5) is 2.14. The summed E-state index contributed by atoms with van der Waals surface area (Å²) in [7, 11) is 3.82. The molecule has 18 heavy (non-hydrogen) atoms. The van der Waals surface area contributed by atoms with E-state index in [-0.39, 0.29) is 0 Å². The molecule has 94 valence electrons. The summed E-state index contributed by atoms with van der Waals surface area (Å²) >= 11 is 0. The minimum absolute atomic E-state index is 0.330. The molecule has 0 saturated heterocycles. The van der Waals surface area contributed by atoms with Crippen molar-refractivity contribution in [3.63, 3.8) is 0 Å². The maximum atomic E-state index is 10.4. The zero-order chi connectivity index (χ0) is 12.9. The molecule has 0 unspecified atom stereocenters. The Balaban J connectivity index is 2.18. The van der Waals surface area contributed by atoms with Crippen LogP contribution in [0.4, 0.5) is 11.5 Å². The van der Waals surface area contributed by atoms with Crippen molar-refractivity contribution in [2.45, 2.75) is 6.42 Å². The van der Waals surface area contributed by atoms with Gasteiger partial charge in [-0.3, -0.25) is 4.68 Å². The van der Waals surface area contributed by atoms with Crippen LogP contribution in [0.1, 0.15) is 5.56 Å². The largest absolute Gasteiger partial charge is 0.507 e. The van der Waals surface area contributed by atoms with Gasteiger partial charge >= 0.3 is 0 Å². The van der Waals surface area contributed by atoms with E-state index in [4.69, 9.17) is 5.73 Å². The smallest absolute Gasteiger partial charge is 0.129 e. The van der Waals surface area contributed by atoms with E-state index in [1.807, 2.05) is 19.2 Å². The molecule has 0 saturated carbocycles. The number of fused-ring (bicyclic) bond motifs is 1. The molecule has 0 amide bonds. The fraction of sp³-hybridized carbons (Fsp3) is 0.308. The first-order valence-corrected chi connectivity index (χ1v) is 5.93. The third-order valence-electron chi connectivity index (χ3n) is 3.64. The van der Waals surface area contributed by atoms with E-state index < -0.39 is 0 Å². The summed E-state index contributed by atoms with van der Waals surface area (Å²) in [5.74, 6) is 0.896. The van der Waals surface area contributed by atoms with E-state index in [0.29, 0.717) is 11.6 Å². The van der Waals surface area contributed by atoms with Crippen LogP contribution in [0.25, 0.3) is 11.1 Å². The second-order valence-corrected chi connectivity index (χ2v) is 4.70. The number of phenolic OH excluding ortho intramolecular Hbond substituents is 1. The van der Waals surface area contributed by atoms with Crippen molar-refractivity contribution in [3.8, 4) is 16.9 Å². The number of hydrogen-bond acceptors (Lipinski definition) is 4. The molecule has 0 aliphatic carbocycles. The van der Waals surface area contributed by atoms with Crippen LogP contribution in [0.15, 0.2) is 18.3 Å². The highest BCUT2D eigenvalue weighted by Gasteiger charge is 2.22. The van der Waals surface area contributed by atoms with Crippen LogP contribution in [-0.4, -0.2) is 28.5 Å². The van der Waals surface area contributed by atoms with Gasteiger partial charge in [0.1, 0.15) is 11.6 Å². The van der Waals surface area contributed by atoms with E-state index in [0.717, 1.165) is 35.3 Å². The van der Waals surface area contributed by atoms with E-state index in [9.17, 15) is 5.11 Å². The molecule has 2 heterocycles. The molecule has 0 atom stereocenters. The summed E-state index contributed by atoms with van der Waals surface area (Å²) in [6.45, 7) is 0.939. The Hall–Kier alpha value is -2.17. The summed E-state index contributed by atoms with van der Waals surface area (Å²) in [6.07, 6.45) is 2.56. The summed E-state index contributed by atoms with van der Waals surface area (Å²) < 4.78 is 1.61. The van der Waals surface area contributed by atoms with Crippen molar-refractivity contribution in [1.82, 2.24) is 9.78 Å². The molecular formula is C13H16N4O. The SMILES string of the molecule is CN1CCc2c1ccc(-c1cnn(C)c1N)c2O. The molecule has 1 aliphatic heterocycles. The number of hydrogen-bond donors (Lipinski definition) is 2. The fourth-order valence-corrected chi connectivity index (χ4v) is 2.50. The first-order chi connectivity index (χ1) is 8.59. The Morgan fingerprint density at radius 1 is 1.28 bits per heavy atom. The van der Waals surface area contributed by atoms with Gasteiger partial charge in [-0.1, -0.05) is 0 Å². The molecular weight excluding hydrogens is 228 g/mol. The third-order valence-corrected chi connectivity index (χ3v) is 3.64. The Morgan fingerprint density at radius 2 is 2.06 bits per heavy atom. The van der Waals surface area contributed by atoms with Crippen molar-refractivity contribution in [2.75, 3.05) is 24.2 Å². The van der Waals surface area contributed by atoms with Gasteiger partial charge in [-0.05, 0) is 18.6 Å². The summed E-state index contributed by atoms with van der Waals surface area (Å²) in [5.41, 5.74) is 9.59. The lowest BCUT2D eigenvalue weighted by atomic mass is 10.0. The number of nitrogens with two attached hydrogens (primary N) is 1. The van der Waals surface area contributed by atoms with Gasteiger partial charge in [0, 0.05) is 43.0 Å². The number of aromatic nitrogens is 2. The lowest BCUT2D eigenvalue weighted by molar-refractivity contribution is 0.472. The molecule has 0 radical (unpaired) electrons. The monoisotopic (exact) mass is 244 g/mol. The van der Waals surface area contributed by atoms with Crippen molar-refractivity contribution in [2.24, 2.45) is 7.05 Å². The molecule has 5 nitrogen and oxygen atoms in total. The summed E-state index contributed by atoms with van der Waals surface area (Å²) in [6, 6.07) is 3.94.